The van der Waals surface area contributed by atoms with E-state index in [1.54, 1.807) is 13.0 Å². The third-order valence-corrected chi connectivity index (χ3v) is 4.48. The van der Waals surface area contributed by atoms with Gasteiger partial charge in [-0.05, 0) is 25.5 Å². The molecule has 0 saturated carbocycles. The Morgan fingerprint density at radius 3 is 2.53 bits per heavy atom. The maximum absolute atomic E-state index is 13.5. The lowest BCUT2D eigenvalue weighted by molar-refractivity contribution is 0.585. The Morgan fingerprint density at radius 1 is 1.35 bits per heavy atom. The first kappa shape index (κ1) is 14.3. The Bertz CT molecular complexity index is 464. The highest BCUT2D eigenvalue weighted by Gasteiger charge is 2.22. The number of hydrogen-bond donors (Lipinski definition) is 0. The summed E-state index contributed by atoms with van der Waals surface area (Å²) >= 11 is 5.48. The topological polar surface area (TPSA) is 37.4 Å². The van der Waals surface area contributed by atoms with Gasteiger partial charge in [0.2, 0.25) is 10.0 Å². The third-order valence-electron chi connectivity index (χ3n) is 2.28. The van der Waals surface area contributed by atoms with Gasteiger partial charge in [-0.15, -0.1) is 11.6 Å². The fourth-order valence-electron chi connectivity index (χ4n) is 1.52. The van der Waals surface area contributed by atoms with Crippen LogP contribution in [0.2, 0.25) is 0 Å². The quantitative estimate of drug-likeness (QED) is 0.751. The minimum Gasteiger partial charge on any atom is -0.268 e. The molecule has 0 radical (unpaired) electrons. The van der Waals surface area contributed by atoms with E-state index in [0.717, 1.165) is 4.31 Å². The Labute approximate surface area is 106 Å². The SMILES string of the molecule is CCN(c1ccccc1F)S(=O)(=O)CCCCl. The Hall–Kier alpha value is -0.810. The molecule has 0 unspecified atom stereocenters. The molecule has 0 fully saturated rings. The lowest BCUT2D eigenvalue weighted by Gasteiger charge is -2.23. The summed E-state index contributed by atoms with van der Waals surface area (Å²) in [5.41, 5.74) is 0.0876. The van der Waals surface area contributed by atoms with Gasteiger partial charge in [0.15, 0.2) is 0 Å². The highest BCUT2D eigenvalue weighted by Crippen LogP contribution is 2.22. The van der Waals surface area contributed by atoms with E-state index in [0.29, 0.717) is 6.42 Å². The number of alkyl halides is 1. The molecule has 17 heavy (non-hydrogen) atoms. The number of benzene rings is 1. The van der Waals surface area contributed by atoms with Crippen molar-refractivity contribution in [2.45, 2.75) is 13.3 Å². The van der Waals surface area contributed by atoms with Crippen molar-refractivity contribution in [1.82, 2.24) is 0 Å². The zero-order valence-corrected chi connectivity index (χ0v) is 11.1. The van der Waals surface area contributed by atoms with E-state index in [1.165, 1.54) is 18.2 Å². The minimum atomic E-state index is -3.50. The summed E-state index contributed by atoms with van der Waals surface area (Å²) in [7, 11) is -3.50. The van der Waals surface area contributed by atoms with Crippen LogP contribution in [0.15, 0.2) is 24.3 Å². The first-order valence-corrected chi connectivity index (χ1v) is 7.48. The Morgan fingerprint density at radius 2 is 2.00 bits per heavy atom. The van der Waals surface area contributed by atoms with Crippen molar-refractivity contribution in [3.63, 3.8) is 0 Å². The fourth-order valence-corrected chi connectivity index (χ4v) is 3.38. The van der Waals surface area contributed by atoms with Crippen molar-refractivity contribution in [3.05, 3.63) is 30.1 Å². The van der Waals surface area contributed by atoms with Crippen LogP contribution in [0.3, 0.4) is 0 Å². The van der Waals surface area contributed by atoms with Gasteiger partial charge in [-0.3, -0.25) is 4.31 Å². The molecule has 0 aliphatic rings. The van der Waals surface area contributed by atoms with Crippen molar-refractivity contribution in [2.75, 3.05) is 22.5 Å². The molecule has 0 aliphatic carbocycles. The van der Waals surface area contributed by atoms with E-state index in [9.17, 15) is 12.8 Å². The standard InChI is InChI=1S/C11H15ClFNO2S/c1-2-14(17(15,16)9-5-8-12)11-7-4-3-6-10(11)13/h3-4,6-7H,2,5,8-9H2,1H3. The van der Waals surface area contributed by atoms with Crippen molar-refractivity contribution < 1.29 is 12.8 Å². The molecule has 0 saturated heterocycles. The zero-order chi connectivity index (χ0) is 12.9. The number of anilines is 1. The summed E-state index contributed by atoms with van der Waals surface area (Å²) in [5, 5.41) is 0. The smallest absolute Gasteiger partial charge is 0.235 e. The van der Waals surface area contributed by atoms with Crippen molar-refractivity contribution >= 4 is 27.3 Å². The van der Waals surface area contributed by atoms with Gasteiger partial charge >= 0.3 is 0 Å². The summed E-state index contributed by atoms with van der Waals surface area (Å²) in [6.45, 7) is 1.87. The average Bonchev–Trinajstić information content (AvgIpc) is 2.30. The van der Waals surface area contributed by atoms with E-state index in [4.69, 9.17) is 11.6 Å². The van der Waals surface area contributed by atoms with E-state index < -0.39 is 15.8 Å². The van der Waals surface area contributed by atoms with Crippen LogP contribution in [0.1, 0.15) is 13.3 Å². The maximum atomic E-state index is 13.5. The minimum absolute atomic E-state index is 0.0708. The maximum Gasteiger partial charge on any atom is 0.235 e. The van der Waals surface area contributed by atoms with E-state index >= 15 is 0 Å². The lowest BCUT2D eigenvalue weighted by Crippen LogP contribution is -2.33. The molecular formula is C11H15ClFNO2S. The second-order valence-electron chi connectivity index (χ2n) is 3.47. The van der Waals surface area contributed by atoms with Crippen LogP contribution in [0, 0.1) is 5.82 Å². The molecule has 6 heteroatoms. The van der Waals surface area contributed by atoms with Gasteiger partial charge in [0.25, 0.3) is 0 Å². The summed E-state index contributed by atoms with van der Waals surface area (Å²) in [6.07, 6.45) is 0.356. The van der Waals surface area contributed by atoms with Gasteiger partial charge in [-0.25, -0.2) is 12.8 Å². The molecule has 0 heterocycles. The van der Waals surface area contributed by atoms with Crippen LogP contribution >= 0.6 is 11.6 Å². The van der Waals surface area contributed by atoms with Gasteiger partial charge in [-0.1, -0.05) is 12.1 Å². The predicted molar refractivity (Wildman–Crippen MR) is 68.5 cm³/mol. The molecule has 0 N–H and O–H groups in total. The van der Waals surface area contributed by atoms with Gasteiger partial charge in [0, 0.05) is 12.4 Å². The summed E-state index contributed by atoms with van der Waals surface area (Å²) < 4.78 is 38.6. The van der Waals surface area contributed by atoms with Crippen molar-refractivity contribution in [1.29, 1.82) is 0 Å². The second kappa shape index (κ2) is 6.21. The molecule has 1 rings (SSSR count). The van der Waals surface area contributed by atoms with Crippen LogP contribution in [0.5, 0.6) is 0 Å². The molecular weight excluding hydrogens is 265 g/mol. The van der Waals surface area contributed by atoms with Crippen LogP contribution < -0.4 is 4.31 Å². The number of sulfonamides is 1. The van der Waals surface area contributed by atoms with Crippen molar-refractivity contribution in [2.24, 2.45) is 0 Å². The average molecular weight is 280 g/mol. The largest absolute Gasteiger partial charge is 0.268 e. The Kier molecular flexibility index (Phi) is 5.21. The number of para-hydroxylation sites is 1. The monoisotopic (exact) mass is 279 g/mol. The summed E-state index contributed by atoms with van der Waals surface area (Å²) in [4.78, 5) is 0. The first-order valence-electron chi connectivity index (χ1n) is 5.34. The Balaban J connectivity index is 3.04. The number of nitrogens with zero attached hydrogens (tertiary/aromatic N) is 1. The zero-order valence-electron chi connectivity index (χ0n) is 9.57. The van der Waals surface area contributed by atoms with Crippen LogP contribution in [0.25, 0.3) is 0 Å². The highest BCUT2D eigenvalue weighted by atomic mass is 35.5. The van der Waals surface area contributed by atoms with Crippen LogP contribution in [-0.2, 0) is 10.0 Å². The van der Waals surface area contributed by atoms with Crippen LogP contribution in [0.4, 0.5) is 10.1 Å². The third kappa shape index (κ3) is 3.57. The molecule has 96 valence electrons. The fraction of sp³-hybridized carbons (Fsp3) is 0.455. The van der Waals surface area contributed by atoms with E-state index in [1.807, 2.05) is 0 Å². The summed E-state index contributed by atoms with van der Waals surface area (Å²) in [6, 6.07) is 5.84. The molecule has 0 spiro atoms. The molecule has 0 atom stereocenters. The molecule has 0 aromatic heterocycles. The molecule has 0 aliphatic heterocycles. The lowest BCUT2D eigenvalue weighted by atomic mass is 10.3. The molecule has 0 bridgehead atoms. The number of hydrogen-bond acceptors (Lipinski definition) is 2. The van der Waals surface area contributed by atoms with Gasteiger partial charge in [0.05, 0.1) is 11.4 Å². The van der Waals surface area contributed by atoms with Crippen LogP contribution in [-0.4, -0.2) is 26.6 Å². The molecule has 1 aromatic rings. The van der Waals surface area contributed by atoms with Gasteiger partial charge in [-0.2, -0.15) is 0 Å². The highest BCUT2D eigenvalue weighted by molar-refractivity contribution is 7.92. The summed E-state index contributed by atoms with van der Waals surface area (Å²) in [5.74, 6) is -0.337. The van der Waals surface area contributed by atoms with Crippen molar-refractivity contribution in [3.8, 4) is 0 Å². The first-order chi connectivity index (χ1) is 8.03. The van der Waals surface area contributed by atoms with E-state index in [2.05, 4.69) is 0 Å². The molecule has 3 nitrogen and oxygen atoms in total. The second-order valence-corrected chi connectivity index (χ2v) is 5.87. The van der Waals surface area contributed by atoms with Gasteiger partial charge < -0.3 is 0 Å². The van der Waals surface area contributed by atoms with Gasteiger partial charge in [0.1, 0.15) is 5.82 Å². The van der Waals surface area contributed by atoms with E-state index in [-0.39, 0.29) is 23.9 Å². The molecule has 0 amide bonds. The molecule has 1 aromatic carbocycles. The number of halogens is 2. The normalized spacial score (nSPS) is 11.5. The predicted octanol–water partition coefficient (Wildman–Crippen LogP) is 2.61. The number of rotatable bonds is 6.